The number of carbonyl (C=O) groups is 1. The molecule has 0 unspecified atom stereocenters. The molecule has 19 heavy (non-hydrogen) atoms. The molecule has 0 saturated carbocycles. The third-order valence-electron chi connectivity index (χ3n) is 2.57. The first-order valence-corrected chi connectivity index (χ1v) is 6.25. The molecule has 0 heterocycles. The average Bonchev–Trinajstić information content (AvgIpc) is 2.35. The molecule has 0 aliphatic heterocycles. The smallest absolute Gasteiger partial charge is 0.239 e. The number of nitrogens with one attached hydrogen (secondary N) is 1. The molecule has 0 aliphatic carbocycles. The van der Waals surface area contributed by atoms with Crippen LogP contribution in [0.1, 0.15) is 26.3 Å². The van der Waals surface area contributed by atoms with Crippen molar-refractivity contribution in [3.63, 3.8) is 0 Å². The number of amides is 1. The Labute approximate surface area is 114 Å². The van der Waals surface area contributed by atoms with E-state index in [9.17, 15) is 4.79 Å². The highest BCUT2D eigenvalue weighted by Gasteiger charge is 2.21. The molecule has 1 aromatic rings. The van der Waals surface area contributed by atoms with Gasteiger partial charge in [-0.1, -0.05) is 6.07 Å². The van der Waals surface area contributed by atoms with Gasteiger partial charge in [0.05, 0.1) is 19.3 Å². The lowest BCUT2D eigenvalue weighted by Crippen LogP contribution is -2.48. The number of methoxy groups -OCH3 is 1. The van der Waals surface area contributed by atoms with E-state index >= 15 is 0 Å². The second-order valence-electron chi connectivity index (χ2n) is 4.82. The molecule has 5 nitrogen and oxygen atoms in total. The summed E-state index contributed by atoms with van der Waals surface area (Å²) in [6.45, 7) is 6.21. The van der Waals surface area contributed by atoms with Crippen LogP contribution in [0, 0.1) is 0 Å². The van der Waals surface area contributed by atoms with Gasteiger partial charge in [-0.15, -0.1) is 0 Å². The second kappa shape index (κ2) is 6.43. The van der Waals surface area contributed by atoms with E-state index in [-0.39, 0.29) is 5.91 Å². The minimum Gasteiger partial charge on any atom is -0.493 e. The van der Waals surface area contributed by atoms with Crippen molar-refractivity contribution in [1.29, 1.82) is 0 Å². The number of rotatable bonds is 6. The zero-order valence-corrected chi connectivity index (χ0v) is 11.9. The number of carbonyl (C=O) groups excluding carboxylic acids is 1. The molecule has 0 atom stereocenters. The number of hydrogen-bond donors (Lipinski definition) is 2. The molecule has 3 N–H and O–H groups in total. The summed E-state index contributed by atoms with van der Waals surface area (Å²) in [5, 5.41) is 2.79. The van der Waals surface area contributed by atoms with Gasteiger partial charge in [0.15, 0.2) is 11.5 Å². The van der Waals surface area contributed by atoms with E-state index in [1.54, 1.807) is 21.0 Å². The molecule has 0 radical (unpaired) electrons. The van der Waals surface area contributed by atoms with Crippen molar-refractivity contribution in [1.82, 2.24) is 5.32 Å². The largest absolute Gasteiger partial charge is 0.493 e. The SMILES string of the molecule is CCOc1cc(CNC(=O)C(C)(C)N)ccc1OC. The van der Waals surface area contributed by atoms with Gasteiger partial charge >= 0.3 is 0 Å². The Bertz CT molecular complexity index is 439. The number of benzene rings is 1. The van der Waals surface area contributed by atoms with Crippen molar-refractivity contribution >= 4 is 5.91 Å². The fourth-order valence-electron chi connectivity index (χ4n) is 1.51. The fraction of sp³-hybridized carbons (Fsp3) is 0.500. The standard InChI is InChI=1S/C14H22N2O3/c1-5-19-12-8-10(6-7-11(12)18-4)9-16-13(17)14(2,3)15/h6-8H,5,9,15H2,1-4H3,(H,16,17). The molecule has 1 aromatic carbocycles. The van der Waals surface area contributed by atoms with Crippen LogP contribution in [0.5, 0.6) is 11.5 Å². The summed E-state index contributed by atoms with van der Waals surface area (Å²) in [4.78, 5) is 11.7. The van der Waals surface area contributed by atoms with Crippen molar-refractivity contribution in [2.45, 2.75) is 32.9 Å². The number of ether oxygens (including phenoxy) is 2. The van der Waals surface area contributed by atoms with Gasteiger partial charge < -0.3 is 20.5 Å². The van der Waals surface area contributed by atoms with Crippen molar-refractivity contribution < 1.29 is 14.3 Å². The molecular formula is C14H22N2O3. The van der Waals surface area contributed by atoms with Crippen LogP contribution in [0.15, 0.2) is 18.2 Å². The summed E-state index contributed by atoms with van der Waals surface area (Å²) in [6, 6.07) is 5.55. The molecule has 0 spiro atoms. The first-order chi connectivity index (χ1) is 8.88. The molecule has 0 aliphatic rings. The van der Waals surface area contributed by atoms with Gasteiger partial charge in [-0.25, -0.2) is 0 Å². The van der Waals surface area contributed by atoms with Gasteiger partial charge in [0.2, 0.25) is 5.91 Å². The van der Waals surface area contributed by atoms with Gasteiger partial charge in [0.25, 0.3) is 0 Å². The predicted octanol–water partition coefficient (Wildman–Crippen LogP) is 1.45. The normalized spacial score (nSPS) is 11.0. The predicted molar refractivity (Wildman–Crippen MR) is 74.3 cm³/mol. The molecule has 0 fully saturated rings. The summed E-state index contributed by atoms with van der Waals surface area (Å²) < 4.78 is 10.7. The molecule has 1 amide bonds. The van der Waals surface area contributed by atoms with E-state index in [2.05, 4.69) is 5.32 Å². The first-order valence-electron chi connectivity index (χ1n) is 6.25. The second-order valence-corrected chi connectivity index (χ2v) is 4.82. The average molecular weight is 266 g/mol. The van der Waals surface area contributed by atoms with Crippen LogP contribution in [-0.2, 0) is 11.3 Å². The van der Waals surface area contributed by atoms with Crippen molar-refractivity contribution in [3.8, 4) is 11.5 Å². The van der Waals surface area contributed by atoms with E-state index in [1.165, 1.54) is 0 Å². The molecule has 1 rings (SSSR count). The van der Waals surface area contributed by atoms with Crippen LogP contribution in [0.2, 0.25) is 0 Å². The fourth-order valence-corrected chi connectivity index (χ4v) is 1.51. The molecular weight excluding hydrogens is 244 g/mol. The summed E-state index contributed by atoms with van der Waals surface area (Å²) in [5.74, 6) is 1.15. The maximum atomic E-state index is 11.7. The van der Waals surface area contributed by atoms with Crippen LogP contribution in [0.4, 0.5) is 0 Å². The monoisotopic (exact) mass is 266 g/mol. The van der Waals surface area contributed by atoms with E-state index in [0.717, 1.165) is 5.56 Å². The third kappa shape index (κ3) is 4.44. The zero-order valence-electron chi connectivity index (χ0n) is 11.9. The topological polar surface area (TPSA) is 73.6 Å². The van der Waals surface area contributed by atoms with Crippen molar-refractivity contribution in [2.75, 3.05) is 13.7 Å². The maximum absolute atomic E-state index is 11.7. The van der Waals surface area contributed by atoms with E-state index in [0.29, 0.717) is 24.7 Å². The Balaban J connectivity index is 2.74. The van der Waals surface area contributed by atoms with Gasteiger partial charge in [-0.05, 0) is 38.5 Å². The maximum Gasteiger partial charge on any atom is 0.239 e. The summed E-state index contributed by atoms with van der Waals surface area (Å²) in [6.07, 6.45) is 0. The van der Waals surface area contributed by atoms with Crippen LogP contribution in [0.25, 0.3) is 0 Å². The molecule has 0 bridgehead atoms. The Morgan fingerprint density at radius 2 is 2.05 bits per heavy atom. The Kier molecular flexibility index (Phi) is 5.18. The lowest BCUT2D eigenvalue weighted by atomic mass is 10.1. The number of nitrogens with two attached hydrogens (primary N) is 1. The Morgan fingerprint density at radius 3 is 2.58 bits per heavy atom. The third-order valence-corrected chi connectivity index (χ3v) is 2.57. The van der Waals surface area contributed by atoms with Crippen molar-refractivity contribution in [3.05, 3.63) is 23.8 Å². The molecule has 5 heteroatoms. The van der Waals surface area contributed by atoms with Crippen LogP contribution in [-0.4, -0.2) is 25.2 Å². The van der Waals surface area contributed by atoms with Crippen LogP contribution in [0.3, 0.4) is 0 Å². The lowest BCUT2D eigenvalue weighted by molar-refractivity contribution is -0.125. The minimum absolute atomic E-state index is 0.193. The van der Waals surface area contributed by atoms with Crippen molar-refractivity contribution in [2.24, 2.45) is 5.73 Å². The highest BCUT2D eigenvalue weighted by molar-refractivity contribution is 5.84. The highest BCUT2D eigenvalue weighted by Crippen LogP contribution is 2.27. The van der Waals surface area contributed by atoms with Gasteiger partial charge in [0, 0.05) is 6.54 Å². The van der Waals surface area contributed by atoms with E-state index in [4.69, 9.17) is 15.2 Å². The van der Waals surface area contributed by atoms with Gasteiger partial charge in [-0.2, -0.15) is 0 Å². The molecule has 0 aromatic heterocycles. The molecule has 106 valence electrons. The quantitative estimate of drug-likeness (QED) is 0.817. The van der Waals surface area contributed by atoms with E-state index < -0.39 is 5.54 Å². The van der Waals surface area contributed by atoms with Crippen LogP contribution < -0.4 is 20.5 Å². The molecule has 0 saturated heterocycles. The summed E-state index contributed by atoms with van der Waals surface area (Å²) >= 11 is 0. The zero-order chi connectivity index (χ0) is 14.5. The summed E-state index contributed by atoms with van der Waals surface area (Å²) in [7, 11) is 1.59. The summed E-state index contributed by atoms with van der Waals surface area (Å²) in [5.41, 5.74) is 5.76. The van der Waals surface area contributed by atoms with Crippen LogP contribution >= 0.6 is 0 Å². The Hall–Kier alpha value is -1.75. The van der Waals surface area contributed by atoms with Gasteiger partial charge in [-0.3, -0.25) is 4.79 Å². The minimum atomic E-state index is -0.880. The Morgan fingerprint density at radius 1 is 1.37 bits per heavy atom. The first kappa shape index (κ1) is 15.3. The lowest BCUT2D eigenvalue weighted by Gasteiger charge is -2.18. The number of hydrogen-bond acceptors (Lipinski definition) is 4. The highest BCUT2D eigenvalue weighted by atomic mass is 16.5. The van der Waals surface area contributed by atoms with E-state index in [1.807, 2.05) is 25.1 Å². The van der Waals surface area contributed by atoms with Gasteiger partial charge in [0.1, 0.15) is 0 Å².